The molecule has 0 aliphatic carbocycles. The smallest absolute Gasteiger partial charge is 0.230 e. The summed E-state index contributed by atoms with van der Waals surface area (Å²) in [6.45, 7) is 4.24. The van der Waals surface area contributed by atoms with Gasteiger partial charge in [0.15, 0.2) is 0 Å². The lowest BCUT2D eigenvalue weighted by molar-refractivity contribution is -0.122. The largest absolute Gasteiger partial charge is 0.497 e. The van der Waals surface area contributed by atoms with Gasteiger partial charge in [-0.3, -0.25) is 9.59 Å². The molecular formula is C23H24N4O3. The maximum atomic E-state index is 12.9. The van der Waals surface area contributed by atoms with Gasteiger partial charge >= 0.3 is 0 Å². The molecule has 7 nitrogen and oxygen atoms in total. The Morgan fingerprint density at radius 3 is 2.40 bits per heavy atom. The number of ether oxygens (including phenoxy) is 1. The summed E-state index contributed by atoms with van der Waals surface area (Å²) in [6, 6.07) is 17.0. The van der Waals surface area contributed by atoms with Crippen molar-refractivity contribution in [3.8, 4) is 11.4 Å². The van der Waals surface area contributed by atoms with Crippen molar-refractivity contribution < 1.29 is 14.3 Å². The minimum atomic E-state index is -0.429. The third-order valence-corrected chi connectivity index (χ3v) is 5.24. The molecule has 30 heavy (non-hydrogen) atoms. The second-order valence-electron chi connectivity index (χ2n) is 7.51. The standard InChI is InChI=1S/C23H24N4O3/c1-15-4-6-19(7-5-15)27-21(12-16(2)25-27)24-23(29)17-13-22(28)26(14-17)18-8-10-20(30-3)11-9-18/h4-12,17H,13-14H2,1-3H3,(H,24,29). The molecule has 0 radical (unpaired) electrons. The normalized spacial score (nSPS) is 16.0. The summed E-state index contributed by atoms with van der Waals surface area (Å²) in [6.07, 6.45) is 0.176. The number of anilines is 2. The van der Waals surface area contributed by atoms with E-state index >= 15 is 0 Å². The van der Waals surface area contributed by atoms with Gasteiger partial charge in [-0.15, -0.1) is 0 Å². The summed E-state index contributed by atoms with van der Waals surface area (Å²) in [7, 11) is 1.60. The molecule has 2 heterocycles. The molecule has 7 heteroatoms. The monoisotopic (exact) mass is 404 g/mol. The molecule has 0 spiro atoms. The van der Waals surface area contributed by atoms with E-state index < -0.39 is 5.92 Å². The van der Waals surface area contributed by atoms with E-state index in [9.17, 15) is 9.59 Å². The number of carbonyl (C=O) groups is 2. The topological polar surface area (TPSA) is 76.5 Å². The van der Waals surface area contributed by atoms with E-state index in [-0.39, 0.29) is 18.2 Å². The first kappa shape index (κ1) is 19.7. The highest BCUT2D eigenvalue weighted by atomic mass is 16.5. The third kappa shape index (κ3) is 3.91. The molecule has 0 saturated carbocycles. The zero-order valence-electron chi connectivity index (χ0n) is 17.3. The fourth-order valence-corrected chi connectivity index (χ4v) is 3.59. The Balaban J connectivity index is 1.49. The van der Waals surface area contributed by atoms with Gasteiger partial charge in [0.1, 0.15) is 11.6 Å². The number of nitrogens with zero attached hydrogens (tertiary/aromatic N) is 3. The summed E-state index contributed by atoms with van der Waals surface area (Å²) < 4.78 is 6.88. The van der Waals surface area contributed by atoms with Crippen LogP contribution in [0.5, 0.6) is 5.75 Å². The molecule has 3 aromatic rings. The van der Waals surface area contributed by atoms with Crippen LogP contribution in [0.1, 0.15) is 17.7 Å². The minimum Gasteiger partial charge on any atom is -0.497 e. The first-order chi connectivity index (χ1) is 14.4. The van der Waals surface area contributed by atoms with Crippen LogP contribution in [0.25, 0.3) is 5.69 Å². The van der Waals surface area contributed by atoms with Crippen LogP contribution in [0.4, 0.5) is 11.5 Å². The van der Waals surface area contributed by atoms with Crippen molar-refractivity contribution in [2.75, 3.05) is 23.9 Å². The minimum absolute atomic E-state index is 0.0662. The van der Waals surface area contributed by atoms with E-state index in [1.54, 1.807) is 28.8 Å². The summed E-state index contributed by atoms with van der Waals surface area (Å²) >= 11 is 0. The van der Waals surface area contributed by atoms with Crippen molar-refractivity contribution >= 4 is 23.3 Å². The fourth-order valence-electron chi connectivity index (χ4n) is 3.59. The lowest BCUT2D eigenvalue weighted by Gasteiger charge is -2.17. The van der Waals surface area contributed by atoms with Gasteiger partial charge in [-0.25, -0.2) is 4.68 Å². The molecule has 1 unspecified atom stereocenters. The summed E-state index contributed by atoms with van der Waals surface area (Å²) in [5.41, 5.74) is 3.58. The van der Waals surface area contributed by atoms with Crippen molar-refractivity contribution in [3.05, 3.63) is 65.9 Å². The zero-order valence-corrected chi connectivity index (χ0v) is 17.3. The summed E-state index contributed by atoms with van der Waals surface area (Å²) in [4.78, 5) is 27.1. The van der Waals surface area contributed by atoms with Gasteiger partial charge in [0, 0.05) is 24.7 Å². The SMILES string of the molecule is COc1ccc(N2CC(C(=O)Nc3cc(C)nn3-c3ccc(C)cc3)CC2=O)cc1. The van der Waals surface area contributed by atoms with Crippen molar-refractivity contribution in [1.29, 1.82) is 0 Å². The van der Waals surface area contributed by atoms with Crippen molar-refractivity contribution in [2.24, 2.45) is 5.92 Å². The zero-order chi connectivity index (χ0) is 21.3. The Morgan fingerprint density at radius 1 is 1.07 bits per heavy atom. The van der Waals surface area contributed by atoms with E-state index in [0.717, 1.165) is 28.4 Å². The molecular weight excluding hydrogens is 380 g/mol. The number of hydrogen-bond donors (Lipinski definition) is 1. The van der Waals surface area contributed by atoms with Gasteiger partial charge in [0.25, 0.3) is 0 Å². The van der Waals surface area contributed by atoms with Gasteiger partial charge in [-0.1, -0.05) is 17.7 Å². The van der Waals surface area contributed by atoms with Crippen LogP contribution in [0.2, 0.25) is 0 Å². The molecule has 154 valence electrons. The van der Waals surface area contributed by atoms with Crippen LogP contribution < -0.4 is 15.0 Å². The Morgan fingerprint density at radius 2 is 1.73 bits per heavy atom. The highest BCUT2D eigenvalue weighted by Gasteiger charge is 2.35. The lowest BCUT2D eigenvalue weighted by Crippen LogP contribution is -2.28. The third-order valence-electron chi connectivity index (χ3n) is 5.24. The van der Waals surface area contributed by atoms with Crippen molar-refractivity contribution in [1.82, 2.24) is 9.78 Å². The number of benzene rings is 2. The Bertz CT molecular complexity index is 1070. The fraction of sp³-hybridized carbons (Fsp3) is 0.261. The van der Waals surface area contributed by atoms with Crippen LogP contribution in [-0.4, -0.2) is 35.2 Å². The van der Waals surface area contributed by atoms with Crippen LogP contribution in [0, 0.1) is 19.8 Å². The molecule has 2 amide bonds. The van der Waals surface area contributed by atoms with Crippen molar-refractivity contribution in [3.63, 3.8) is 0 Å². The van der Waals surface area contributed by atoms with E-state index in [0.29, 0.717) is 12.4 Å². The molecule has 1 aliphatic heterocycles. The lowest BCUT2D eigenvalue weighted by atomic mass is 10.1. The molecule has 1 fully saturated rings. The number of methoxy groups -OCH3 is 1. The van der Waals surface area contributed by atoms with Crippen LogP contribution in [-0.2, 0) is 9.59 Å². The second-order valence-corrected chi connectivity index (χ2v) is 7.51. The highest BCUT2D eigenvalue weighted by molar-refractivity contribution is 6.03. The predicted octanol–water partition coefficient (Wildman–Crippen LogP) is 3.49. The summed E-state index contributed by atoms with van der Waals surface area (Å²) in [5, 5.41) is 7.46. The molecule has 1 aromatic heterocycles. The molecule has 1 saturated heterocycles. The quantitative estimate of drug-likeness (QED) is 0.706. The van der Waals surface area contributed by atoms with Gasteiger partial charge in [-0.05, 0) is 50.2 Å². The average molecular weight is 404 g/mol. The van der Waals surface area contributed by atoms with Crippen LogP contribution in [0.3, 0.4) is 0 Å². The predicted molar refractivity (Wildman–Crippen MR) is 115 cm³/mol. The van der Waals surface area contributed by atoms with Crippen LogP contribution >= 0.6 is 0 Å². The molecule has 4 rings (SSSR count). The first-order valence-electron chi connectivity index (χ1n) is 9.83. The van der Waals surface area contributed by atoms with Gasteiger partial charge in [0.05, 0.1) is 24.4 Å². The second kappa shape index (κ2) is 8.02. The maximum Gasteiger partial charge on any atom is 0.230 e. The van der Waals surface area contributed by atoms with Gasteiger partial charge < -0.3 is 15.0 Å². The Labute approximate surface area is 175 Å². The summed E-state index contributed by atoms with van der Waals surface area (Å²) in [5.74, 6) is 0.633. The van der Waals surface area contributed by atoms with Crippen molar-refractivity contribution in [2.45, 2.75) is 20.3 Å². The maximum absolute atomic E-state index is 12.9. The molecule has 0 bridgehead atoms. The van der Waals surface area contributed by atoms with E-state index in [1.165, 1.54) is 0 Å². The first-order valence-corrected chi connectivity index (χ1v) is 9.83. The number of aromatic nitrogens is 2. The number of rotatable bonds is 5. The number of nitrogens with one attached hydrogen (secondary N) is 1. The molecule has 1 atom stereocenters. The van der Waals surface area contributed by atoms with E-state index in [4.69, 9.17) is 4.74 Å². The van der Waals surface area contributed by atoms with Crippen LogP contribution in [0.15, 0.2) is 54.6 Å². The molecule has 1 aliphatic rings. The molecule has 2 aromatic carbocycles. The average Bonchev–Trinajstić information content (AvgIpc) is 3.31. The number of hydrogen-bond acceptors (Lipinski definition) is 4. The number of amides is 2. The number of aryl methyl sites for hydroxylation is 2. The van der Waals surface area contributed by atoms with E-state index in [1.807, 2.05) is 56.3 Å². The highest BCUT2D eigenvalue weighted by Crippen LogP contribution is 2.28. The van der Waals surface area contributed by atoms with Gasteiger partial charge in [-0.2, -0.15) is 5.10 Å². The Kier molecular flexibility index (Phi) is 5.27. The Hall–Kier alpha value is -3.61. The van der Waals surface area contributed by atoms with Gasteiger partial charge in [0.2, 0.25) is 11.8 Å². The number of carbonyl (C=O) groups excluding carboxylic acids is 2. The molecule has 1 N–H and O–H groups in total. The van der Waals surface area contributed by atoms with E-state index in [2.05, 4.69) is 10.4 Å².